The summed E-state index contributed by atoms with van der Waals surface area (Å²) in [5.74, 6) is 0.511. The predicted molar refractivity (Wildman–Crippen MR) is 102 cm³/mol. The van der Waals surface area contributed by atoms with Crippen LogP contribution in [0.15, 0.2) is 36.7 Å². The predicted octanol–water partition coefficient (Wildman–Crippen LogP) is 3.70. The van der Waals surface area contributed by atoms with Crippen LogP contribution in [0.25, 0.3) is 0 Å². The molecule has 0 bridgehead atoms. The number of ketones is 1. The van der Waals surface area contributed by atoms with Crippen molar-refractivity contribution >= 4 is 23.2 Å². The van der Waals surface area contributed by atoms with Crippen LogP contribution in [0.3, 0.4) is 0 Å². The Morgan fingerprint density at radius 3 is 2.54 bits per heavy atom. The highest BCUT2D eigenvalue weighted by Crippen LogP contribution is 2.24. The molecule has 1 saturated heterocycles. The Morgan fingerprint density at radius 1 is 1.15 bits per heavy atom. The summed E-state index contributed by atoms with van der Waals surface area (Å²) >= 11 is 0. The van der Waals surface area contributed by atoms with Crippen LogP contribution in [0.2, 0.25) is 0 Å². The average molecular weight is 352 g/mol. The summed E-state index contributed by atoms with van der Waals surface area (Å²) in [5.41, 5.74) is 1.50. The Kier molecular flexibility index (Phi) is 5.61. The standard InChI is InChI=1S/C20H24N4O2/c1-3-17-6-4-5-11-24(17)19-13-21-18(12-22-19)20(26)23-16-9-7-15(8-10-16)14(2)25/h7-10,12-13,17H,3-6,11H2,1-2H3,(H,23,26). The molecule has 1 unspecified atom stereocenters. The summed E-state index contributed by atoms with van der Waals surface area (Å²) in [6, 6.07) is 7.28. The van der Waals surface area contributed by atoms with E-state index in [9.17, 15) is 9.59 Å². The number of benzene rings is 1. The van der Waals surface area contributed by atoms with Gasteiger partial charge in [-0.3, -0.25) is 9.59 Å². The maximum Gasteiger partial charge on any atom is 0.275 e. The molecule has 1 atom stereocenters. The highest BCUT2D eigenvalue weighted by Gasteiger charge is 2.22. The summed E-state index contributed by atoms with van der Waals surface area (Å²) < 4.78 is 0. The van der Waals surface area contributed by atoms with Gasteiger partial charge in [0.2, 0.25) is 0 Å². The minimum Gasteiger partial charge on any atom is -0.352 e. The highest BCUT2D eigenvalue weighted by atomic mass is 16.2. The number of piperidine rings is 1. The van der Waals surface area contributed by atoms with Crippen molar-refractivity contribution in [3.05, 3.63) is 47.9 Å². The Balaban J connectivity index is 1.67. The molecule has 1 aliphatic heterocycles. The Hall–Kier alpha value is -2.76. The normalized spacial score (nSPS) is 17.0. The summed E-state index contributed by atoms with van der Waals surface area (Å²) in [6.45, 7) is 4.69. The van der Waals surface area contributed by atoms with Crippen LogP contribution in [-0.2, 0) is 0 Å². The fourth-order valence-electron chi connectivity index (χ4n) is 3.30. The molecular weight excluding hydrogens is 328 g/mol. The molecule has 0 radical (unpaired) electrons. The SMILES string of the molecule is CCC1CCCCN1c1cnc(C(=O)Nc2ccc(C(C)=O)cc2)cn1. The second-order valence-electron chi connectivity index (χ2n) is 6.60. The first-order valence-electron chi connectivity index (χ1n) is 9.09. The third kappa shape index (κ3) is 4.07. The molecular formula is C20H24N4O2. The number of hydrogen-bond donors (Lipinski definition) is 1. The van der Waals surface area contributed by atoms with Gasteiger partial charge in [0.05, 0.1) is 12.4 Å². The lowest BCUT2D eigenvalue weighted by atomic mass is 10.0. The molecule has 0 aliphatic carbocycles. The molecule has 1 aromatic carbocycles. The number of anilines is 2. The van der Waals surface area contributed by atoms with E-state index in [4.69, 9.17) is 0 Å². The number of aromatic nitrogens is 2. The van der Waals surface area contributed by atoms with Gasteiger partial charge in [0.25, 0.3) is 5.91 Å². The van der Waals surface area contributed by atoms with Crippen molar-refractivity contribution < 1.29 is 9.59 Å². The first kappa shape index (κ1) is 18.0. The molecule has 6 heteroatoms. The van der Waals surface area contributed by atoms with Crippen LogP contribution in [0.5, 0.6) is 0 Å². The molecule has 1 N–H and O–H groups in total. The van der Waals surface area contributed by atoms with Gasteiger partial charge < -0.3 is 10.2 Å². The molecule has 2 aromatic rings. The van der Waals surface area contributed by atoms with Gasteiger partial charge in [0.15, 0.2) is 5.78 Å². The quantitative estimate of drug-likeness (QED) is 0.831. The molecule has 0 spiro atoms. The van der Waals surface area contributed by atoms with Crippen molar-refractivity contribution in [3.63, 3.8) is 0 Å². The molecule has 6 nitrogen and oxygen atoms in total. The highest BCUT2D eigenvalue weighted by molar-refractivity contribution is 6.03. The van der Waals surface area contributed by atoms with E-state index in [0.29, 0.717) is 17.3 Å². The maximum atomic E-state index is 12.3. The van der Waals surface area contributed by atoms with Crippen LogP contribution < -0.4 is 10.2 Å². The van der Waals surface area contributed by atoms with Crippen LogP contribution in [0, 0.1) is 0 Å². The fourth-order valence-corrected chi connectivity index (χ4v) is 3.30. The molecule has 1 aliphatic rings. The minimum absolute atomic E-state index is 0.00701. The van der Waals surface area contributed by atoms with E-state index in [1.165, 1.54) is 26.0 Å². The van der Waals surface area contributed by atoms with Crippen molar-refractivity contribution in [2.45, 2.75) is 45.6 Å². The number of rotatable bonds is 5. The third-order valence-electron chi connectivity index (χ3n) is 4.81. The number of carbonyl (C=O) groups is 2. The van der Waals surface area contributed by atoms with Gasteiger partial charge in [0, 0.05) is 23.8 Å². The van der Waals surface area contributed by atoms with Gasteiger partial charge in [-0.15, -0.1) is 0 Å². The molecule has 3 rings (SSSR count). The lowest BCUT2D eigenvalue weighted by Gasteiger charge is -2.35. The topological polar surface area (TPSA) is 75.2 Å². The van der Waals surface area contributed by atoms with Crippen LogP contribution >= 0.6 is 0 Å². The first-order valence-corrected chi connectivity index (χ1v) is 9.09. The van der Waals surface area contributed by atoms with E-state index in [0.717, 1.165) is 25.2 Å². The lowest BCUT2D eigenvalue weighted by molar-refractivity contribution is 0.101. The third-order valence-corrected chi connectivity index (χ3v) is 4.81. The summed E-state index contributed by atoms with van der Waals surface area (Å²) in [6.07, 6.45) is 7.89. The van der Waals surface area contributed by atoms with E-state index >= 15 is 0 Å². The summed E-state index contributed by atoms with van der Waals surface area (Å²) in [7, 11) is 0. The zero-order chi connectivity index (χ0) is 18.5. The summed E-state index contributed by atoms with van der Waals surface area (Å²) in [5, 5.41) is 2.78. The molecule has 1 amide bonds. The van der Waals surface area contributed by atoms with Crippen LogP contribution in [0.4, 0.5) is 11.5 Å². The van der Waals surface area contributed by atoms with Gasteiger partial charge in [-0.05, 0) is 56.9 Å². The number of nitrogens with one attached hydrogen (secondary N) is 1. The number of nitrogens with zero attached hydrogens (tertiary/aromatic N) is 3. The fraction of sp³-hybridized carbons (Fsp3) is 0.400. The molecule has 136 valence electrons. The molecule has 0 saturated carbocycles. The Labute approximate surface area is 153 Å². The number of amides is 1. The zero-order valence-electron chi connectivity index (χ0n) is 15.2. The largest absolute Gasteiger partial charge is 0.352 e. The second-order valence-corrected chi connectivity index (χ2v) is 6.60. The monoisotopic (exact) mass is 352 g/mol. The smallest absolute Gasteiger partial charge is 0.275 e. The maximum absolute atomic E-state index is 12.3. The van der Waals surface area contributed by atoms with Crippen molar-refractivity contribution in [1.29, 1.82) is 0 Å². The zero-order valence-corrected chi connectivity index (χ0v) is 15.2. The molecule has 1 fully saturated rings. The van der Waals surface area contributed by atoms with Crippen molar-refractivity contribution in [3.8, 4) is 0 Å². The van der Waals surface area contributed by atoms with E-state index in [1.807, 2.05) is 0 Å². The Morgan fingerprint density at radius 2 is 1.92 bits per heavy atom. The van der Waals surface area contributed by atoms with E-state index in [2.05, 4.69) is 27.1 Å². The number of carbonyl (C=O) groups excluding carboxylic acids is 2. The number of Topliss-reactive ketones (excluding diaryl/α,β-unsaturated/α-hetero) is 1. The Bertz CT molecular complexity index is 771. The lowest BCUT2D eigenvalue weighted by Crippen LogP contribution is -2.39. The number of hydrogen-bond acceptors (Lipinski definition) is 5. The minimum atomic E-state index is -0.315. The van der Waals surface area contributed by atoms with Gasteiger partial charge in [-0.1, -0.05) is 6.92 Å². The van der Waals surface area contributed by atoms with Gasteiger partial charge in [0.1, 0.15) is 11.5 Å². The molecule has 26 heavy (non-hydrogen) atoms. The van der Waals surface area contributed by atoms with Gasteiger partial charge in [-0.2, -0.15) is 0 Å². The van der Waals surface area contributed by atoms with Gasteiger partial charge >= 0.3 is 0 Å². The summed E-state index contributed by atoms with van der Waals surface area (Å²) in [4.78, 5) is 34.7. The first-order chi connectivity index (χ1) is 12.6. The second kappa shape index (κ2) is 8.08. The average Bonchev–Trinajstić information content (AvgIpc) is 2.68. The van der Waals surface area contributed by atoms with E-state index < -0.39 is 0 Å². The van der Waals surface area contributed by atoms with Crippen LogP contribution in [-0.4, -0.2) is 34.2 Å². The molecule has 2 heterocycles. The van der Waals surface area contributed by atoms with Crippen LogP contribution in [0.1, 0.15) is 60.4 Å². The molecule has 1 aromatic heterocycles. The van der Waals surface area contributed by atoms with Crippen molar-refractivity contribution in [1.82, 2.24) is 9.97 Å². The van der Waals surface area contributed by atoms with Gasteiger partial charge in [-0.25, -0.2) is 9.97 Å². The van der Waals surface area contributed by atoms with E-state index in [1.54, 1.807) is 30.5 Å². The van der Waals surface area contributed by atoms with Crippen molar-refractivity contribution in [2.75, 3.05) is 16.8 Å². The van der Waals surface area contributed by atoms with Crippen molar-refractivity contribution in [2.24, 2.45) is 0 Å². The van der Waals surface area contributed by atoms with E-state index in [-0.39, 0.29) is 17.4 Å².